The molecule has 96 valence electrons. The number of hydrogen-bond donors (Lipinski definition) is 1. The molecule has 1 N–H and O–H groups in total. The number of halogens is 1. The highest BCUT2D eigenvalue weighted by Crippen LogP contribution is 2.18. The zero-order valence-corrected chi connectivity index (χ0v) is 10.3. The van der Waals surface area contributed by atoms with Gasteiger partial charge < -0.3 is 9.88 Å². The van der Waals surface area contributed by atoms with E-state index in [4.69, 9.17) is 0 Å². The summed E-state index contributed by atoms with van der Waals surface area (Å²) in [4.78, 5) is 17.1. The van der Waals surface area contributed by atoms with Crippen LogP contribution in [0, 0.1) is 5.82 Å². The van der Waals surface area contributed by atoms with Gasteiger partial charge in [-0.15, -0.1) is 0 Å². The molecular weight excluding hydrogens is 245 g/mol. The highest BCUT2D eigenvalue weighted by Gasteiger charge is 2.07. The number of nitrogens with zero attached hydrogens (tertiary/aromatic N) is 4. The fourth-order valence-electron chi connectivity index (χ4n) is 2.01. The molecule has 0 spiro atoms. The van der Waals surface area contributed by atoms with Crippen LogP contribution >= 0.6 is 0 Å². The van der Waals surface area contributed by atoms with Crippen LogP contribution in [0.5, 0.6) is 0 Å². The van der Waals surface area contributed by atoms with E-state index < -0.39 is 0 Å². The van der Waals surface area contributed by atoms with Gasteiger partial charge >= 0.3 is 0 Å². The van der Waals surface area contributed by atoms with Gasteiger partial charge in [0.05, 0.1) is 6.54 Å². The molecule has 0 atom stereocenters. The lowest BCUT2D eigenvalue weighted by atomic mass is 10.2. The van der Waals surface area contributed by atoms with Crippen LogP contribution in [0.15, 0.2) is 36.9 Å². The Morgan fingerprint density at radius 2 is 2.00 bits per heavy atom. The number of aromatic nitrogens is 4. The molecule has 0 unspecified atom stereocenters. The number of H-pyrrole nitrogens is 1. The topological polar surface area (TPSA) is 57.7 Å². The maximum atomic E-state index is 13.1. The average molecular weight is 257 g/mol. The van der Waals surface area contributed by atoms with Crippen LogP contribution in [-0.2, 0) is 6.54 Å². The lowest BCUT2D eigenvalue weighted by Gasteiger charge is -2.14. The van der Waals surface area contributed by atoms with Gasteiger partial charge in [0.1, 0.15) is 18.5 Å². The summed E-state index contributed by atoms with van der Waals surface area (Å²) in [5.74, 6) is 0.365. The van der Waals surface area contributed by atoms with Crippen LogP contribution in [0.3, 0.4) is 0 Å². The lowest BCUT2D eigenvalue weighted by Crippen LogP contribution is -2.19. The van der Waals surface area contributed by atoms with E-state index in [2.05, 4.69) is 19.9 Å². The molecule has 19 heavy (non-hydrogen) atoms. The van der Waals surface area contributed by atoms with Gasteiger partial charge in [-0.2, -0.15) is 0 Å². The Balaban J connectivity index is 1.85. The first kappa shape index (κ1) is 11.6. The zero-order valence-electron chi connectivity index (χ0n) is 10.3. The second kappa shape index (κ2) is 4.64. The second-order valence-electron chi connectivity index (χ2n) is 4.32. The van der Waals surface area contributed by atoms with Gasteiger partial charge in [0.2, 0.25) is 5.95 Å². The third-order valence-electron chi connectivity index (χ3n) is 2.87. The van der Waals surface area contributed by atoms with Crippen LogP contribution in [0.2, 0.25) is 0 Å². The van der Waals surface area contributed by atoms with Crippen molar-refractivity contribution in [2.45, 2.75) is 6.54 Å². The molecule has 2 aromatic heterocycles. The minimum atomic E-state index is -0.233. The Morgan fingerprint density at radius 3 is 2.79 bits per heavy atom. The van der Waals surface area contributed by atoms with Gasteiger partial charge in [0, 0.05) is 23.6 Å². The van der Waals surface area contributed by atoms with Crippen molar-refractivity contribution >= 4 is 16.9 Å². The van der Waals surface area contributed by atoms with Gasteiger partial charge in [-0.05, 0) is 24.3 Å². The molecule has 0 aliphatic heterocycles. The predicted molar refractivity (Wildman–Crippen MR) is 70.2 cm³/mol. The van der Waals surface area contributed by atoms with Crippen molar-refractivity contribution in [1.82, 2.24) is 19.9 Å². The molecule has 0 bridgehead atoms. The van der Waals surface area contributed by atoms with E-state index >= 15 is 0 Å². The lowest BCUT2D eigenvalue weighted by molar-refractivity contribution is 0.630. The summed E-state index contributed by atoms with van der Waals surface area (Å²) in [6.07, 6.45) is 2.92. The van der Waals surface area contributed by atoms with Gasteiger partial charge in [-0.25, -0.2) is 19.3 Å². The van der Waals surface area contributed by atoms with Gasteiger partial charge in [-0.1, -0.05) is 0 Å². The molecule has 5 nitrogen and oxygen atoms in total. The molecule has 1 aromatic carbocycles. The van der Waals surface area contributed by atoms with Crippen molar-refractivity contribution in [2.24, 2.45) is 0 Å². The summed E-state index contributed by atoms with van der Waals surface area (Å²) in [5.41, 5.74) is 1.89. The van der Waals surface area contributed by atoms with Crippen LogP contribution in [0.4, 0.5) is 10.3 Å². The molecule has 0 aliphatic carbocycles. The Morgan fingerprint density at radius 1 is 1.21 bits per heavy atom. The summed E-state index contributed by atoms with van der Waals surface area (Å²) in [6, 6.07) is 6.61. The standard InChI is InChI=1S/C13H12FN5/c1-19(13-16-7-15-8-17-13)6-11-5-9-4-10(14)2-3-12(9)18-11/h2-5,7-8,18H,6H2,1H3. The Labute approximate surface area is 109 Å². The molecule has 6 heteroatoms. The molecule has 2 heterocycles. The fourth-order valence-corrected chi connectivity index (χ4v) is 2.01. The van der Waals surface area contributed by atoms with E-state index in [-0.39, 0.29) is 5.82 Å². The highest BCUT2D eigenvalue weighted by atomic mass is 19.1. The zero-order chi connectivity index (χ0) is 13.2. The predicted octanol–water partition coefficient (Wildman–Crippen LogP) is 2.13. The number of nitrogens with one attached hydrogen (secondary N) is 1. The SMILES string of the molecule is CN(Cc1cc2cc(F)ccc2[nH]1)c1ncncn1. The first-order valence-electron chi connectivity index (χ1n) is 5.82. The van der Waals surface area contributed by atoms with Crippen molar-refractivity contribution in [2.75, 3.05) is 11.9 Å². The Bertz CT molecular complexity index is 695. The van der Waals surface area contributed by atoms with Crippen molar-refractivity contribution < 1.29 is 4.39 Å². The fraction of sp³-hybridized carbons (Fsp3) is 0.154. The minimum Gasteiger partial charge on any atom is -0.357 e. The number of anilines is 1. The smallest absolute Gasteiger partial charge is 0.228 e. The minimum absolute atomic E-state index is 0.233. The molecule has 0 fully saturated rings. The molecule has 0 radical (unpaired) electrons. The maximum absolute atomic E-state index is 13.1. The number of benzene rings is 1. The first-order valence-corrected chi connectivity index (χ1v) is 5.82. The first-order chi connectivity index (χ1) is 9.22. The van der Waals surface area contributed by atoms with Crippen LogP contribution < -0.4 is 4.90 Å². The quantitative estimate of drug-likeness (QED) is 0.781. The van der Waals surface area contributed by atoms with Crippen LogP contribution in [0.25, 0.3) is 10.9 Å². The molecule has 0 saturated heterocycles. The van der Waals surface area contributed by atoms with E-state index in [9.17, 15) is 4.39 Å². The number of fused-ring (bicyclic) bond motifs is 1. The monoisotopic (exact) mass is 257 g/mol. The highest BCUT2D eigenvalue weighted by molar-refractivity contribution is 5.80. The van der Waals surface area contributed by atoms with Crippen molar-refractivity contribution in [3.63, 3.8) is 0 Å². The number of rotatable bonds is 3. The van der Waals surface area contributed by atoms with Gasteiger partial charge in [0.25, 0.3) is 0 Å². The van der Waals surface area contributed by atoms with E-state index in [0.717, 1.165) is 16.6 Å². The Kier molecular flexibility index (Phi) is 2.83. The van der Waals surface area contributed by atoms with E-state index in [1.165, 1.54) is 24.8 Å². The average Bonchev–Trinajstić information content (AvgIpc) is 2.81. The van der Waals surface area contributed by atoms with Crippen molar-refractivity contribution in [3.8, 4) is 0 Å². The van der Waals surface area contributed by atoms with Crippen molar-refractivity contribution in [3.05, 3.63) is 48.4 Å². The molecule has 3 aromatic rings. The maximum Gasteiger partial charge on any atom is 0.228 e. The summed E-state index contributed by atoms with van der Waals surface area (Å²) in [6.45, 7) is 0.611. The summed E-state index contributed by atoms with van der Waals surface area (Å²) in [7, 11) is 1.89. The van der Waals surface area contributed by atoms with Crippen LogP contribution in [0.1, 0.15) is 5.69 Å². The van der Waals surface area contributed by atoms with Crippen molar-refractivity contribution in [1.29, 1.82) is 0 Å². The number of hydrogen-bond acceptors (Lipinski definition) is 4. The molecule has 0 amide bonds. The second-order valence-corrected chi connectivity index (χ2v) is 4.32. The number of aromatic amines is 1. The molecule has 3 rings (SSSR count). The van der Waals surface area contributed by atoms with Crippen LogP contribution in [-0.4, -0.2) is 27.0 Å². The van der Waals surface area contributed by atoms with E-state index in [0.29, 0.717) is 12.5 Å². The third-order valence-corrected chi connectivity index (χ3v) is 2.87. The summed E-state index contributed by atoms with van der Waals surface area (Å²) >= 11 is 0. The molecular formula is C13H12FN5. The normalized spacial score (nSPS) is 10.8. The summed E-state index contributed by atoms with van der Waals surface area (Å²) in [5, 5.41) is 0.860. The third kappa shape index (κ3) is 2.37. The van der Waals surface area contributed by atoms with Gasteiger partial charge in [-0.3, -0.25) is 0 Å². The van der Waals surface area contributed by atoms with Gasteiger partial charge in [0.15, 0.2) is 0 Å². The van der Waals surface area contributed by atoms with E-state index in [1.807, 2.05) is 18.0 Å². The largest absolute Gasteiger partial charge is 0.357 e. The van der Waals surface area contributed by atoms with E-state index in [1.54, 1.807) is 6.07 Å². The molecule has 0 saturated carbocycles. The summed E-state index contributed by atoms with van der Waals surface area (Å²) < 4.78 is 13.1. The Hall–Kier alpha value is -2.50. The molecule has 0 aliphatic rings.